The lowest BCUT2D eigenvalue weighted by atomic mass is 9.90. The molecule has 1 fully saturated rings. The van der Waals surface area contributed by atoms with Gasteiger partial charge in [0.05, 0.1) is 17.9 Å². The summed E-state index contributed by atoms with van der Waals surface area (Å²) in [5, 5.41) is 5.26. The van der Waals surface area contributed by atoms with Crippen LogP contribution in [-0.2, 0) is 0 Å². The first kappa shape index (κ1) is 12.5. The van der Waals surface area contributed by atoms with E-state index in [1.165, 1.54) is 6.20 Å². The molecule has 4 nitrogen and oxygen atoms in total. The summed E-state index contributed by atoms with van der Waals surface area (Å²) in [4.78, 5) is 15.5. The Kier molecular flexibility index (Phi) is 3.92. The summed E-state index contributed by atoms with van der Waals surface area (Å²) in [6.45, 7) is 3.77. The lowest BCUT2D eigenvalue weighted by Crippen LogP contribution is -2.45. The number of urea groups is 1. The van der Waals surface area contributed by atoms with Crippen molar-refractivity contribution >= 4 is 11.7 Å². The first-order valence-corrected chi connectivity index (χ1v) is 5.93. The molecule has 0 radical (unpaired) electrons. The normalized spacial score (nSPS) is 23.5. The van der Waals surface area contributed by atoms with Crippen molar-refractivity contribution in [2.24, 2.45) is 0 Å². The fourth-order valence-corrected chi connectivity index (χ4v) is 2.00. The van der Waals surface area contributed by atoms with E-state index in [1.54, 1.807) is 18.3 Å². The molecule has 1 aromatic rings. The van der Waals surface area contributed by atoms with E-state index in [9.17, 15) is 9.18 Å². The standard InChI is InChI=1S/C13H16FN3O/c1-9-4-5-12(11(14)7-9)17-13(18)16-10-3-2-6-15-8-10/h2-3,6,8,11-12H,1,4-5,7H2,(H2,16,17,18). The van der Waals surface area contributed by atoms with Gasteiger partial charge >= 0.3 is 6.03 Å². The molecule has 0 bridgehead atoms. The summed E-state index contributed by atoms with van der Waals surface area (Å²) >= 11 is 0. The van der Waals surface area contributed by atoms with Crippen LogP contribution in [0.15, 0.2) is 36.7 Å². The van der Waals surface area contributed by atoms with E-state index in [1.807, 2.05) is 0 Å². The molecule has 1 heterocycles. The van der Waals surface area contributed by atoms with Crippen molar-refractivity contribution in [2.45, 2.75) is 31.5 Å². The number of hydrogen-bond donors (Lipinski definition) is 2. The van der Waals surface area contributed by atoms with Crippen molar-refractivity contribution in [3.63, 3.8) is 0 Å². The van der Waals surface area contributed by atoms with Gasteiger partial charge in [-0.2, -0.15) is 0 Å². The van der Waals surface area contributed by atoms with Crippen molar-refractivity contribution in [1.82, 2.24) is 10.3 Å². The summed E-state index contributed by atoms with van der Waals surface area (Å²) < 4.78 is 13.7. The van der Waals surface area contributed by atoms with Gasteiger partial charge in [0, 0.05) is 12.6 Å². The molecule has 2 amide bonds. The molecule has 0 aliphatic heterocycles. The Morgan fingerprint density at radius 3 is 3.06 bits per heavy atom. The second-order valence-corrected chi connectivity index (χ2v) is 4.46. The zero-order valence-corrected chi connectivity index (χ0v) is 10.0. The number of allylic oxidation sites excluding steroid dienone is 1. The number of halogens is 1. The maximum absolute atomic E-state index is 13.7. The molecule has 0 spiro atoms. The minimum atomic E-state index is -1.05. The summed E-state index contributed by atoms with van der Waals surface area (Å²) in [5.41, 5.74) is 1.50. The van der Waals surface area contributed by atoms with Gasteiger partial charge < -0.3 is 10.6 Å². The minimum Gasteiger partial charge on any atom is -0.332 e. The van der Waals surface area contributed by atoms with E-state index in [-0.39, 0.29) is 0 Å². The van der Waals surface area contributed by atoms with E-state index in [0.717, 1.165) is 12.0 Å². The summed E-state index contributed by atoms with van der Waals surface area (Å²) in [5.74, 6) is 0. The van der Waals surface area contributed by atoms with Crippen molar-refractivity contribution < 1.29 is 9.18 Å². The number of alkyl halides is 1. The highest BCUT2D eigenvalue weighted by Gasteiger charge is 2.27. The molecule has 1 aromatic heterocycles. The van der Waals surface area contributed by atoms with Crippen LogP contribution < -0.4 is 10.6 Å². The van der Waals surface area contributed by atoms with Crippen LogP contribution in [0.25, 0.3) is 0 Å². The summed E-state index contributed by atoms with van der Waals surface area (Å²) in [6.07, 6.45) is 3.80. The third-order valence-electron chi connectivity index (χ3n) is 2.97. The van der Waals surface area contributed by atoms with Gasteiger partial charge in [0.2, 0.25) is 0 Å². The van der Waals surface area contributed by atoms with Crippen LogP contribution in [0.1, 0.15) is 19.3 Å². The number of amides is 2. The van der Waals surface area contributed by atoms with Crippen molar-refractivity contribution in [3.8, 4) is 0 Å². The monoisotopic (exact) mass is 249 g/mol. The number of pyridine rings is 1. The van der Waals surface area contributed by atoms with Gasteiger partial charge in [-0.1, -0.05) is 12.2 Å². The lowest BCUT2D eigenvalue weighted by Gasteiger charge is -2.28. The Balaban J connectivity index is 1.86. The maximum Gasteiger partial charge on any atom is 0.319 e. The van der Waals surface area contributed by atoms with Gasteiger partial charge in [-0.25, -0.2) is 9.18 Å². The quantitative estimate of drug-likeness (QED) is 0.792. The highest BCUT2D eigenvalue weighted by molar-refractivity contribution is 5.89. The Hall–Kier alpha value is -1.91. The Morgan fingerprint density at radius 1 is 1.56 bits per heavy atom. The first-order valence-electron chi connectivity index (χ1n) is 5.93. The third-order valence-corrected chi connectivity index (χ3v) is 2.97. The zero-order chi connectivity index (χ0) is 13.0. The number of anilines is 1. The second-order valence-electron chi connectivity index (χ2n) is 4.46. The Labute approximate surface area is 105 Å². The highest BCUT2D eigenvalue weighted by Crippen LogP contribution is 2.24. The average Bonchev–Trinajstić information content (AvgIpc) is 2.34. The first-order chi connectivity index (χ1) is 8.65. The van der Waals surface area contributed by atoms with Gasteiger partial charge in [0.1, 0.15) is 6.17 Å². The average molecular weight is 249 g/mol. The second kappa shape index (κ2) is 5.62. The van der Waals surface area contributed by atoms with Gasteiger partial charge in [-0.15, -0.1) is 0 Å². The van der Waals surface area contributed by atoms with E-state index in [4.69, 9.17) is 0 Å². The van der Waals surface area contributed by atoms with E-state index in [2.05, 4.69) is 22.2 Å². The lowest BCUT2D eigenvalue weighted by molar-refractivity contribution is 0.207. The molecule has 2 rings (SSSR count). The summed E-state index contributed by atoms with van der Waals surface area (Å²) in [7, 11) is 0. The Morgan fingerprint density at radius 2 is 2.39 bits per heavy atom. The smallest absolute Gasteiger partial charge is 0.319 e. The van der Waals surface area contributed by atoms with Crippen LogP contribution in [0.4, 0.5) is 14.9 Å². The number of aromatic nitrogens is 1. The zero-order valence-electron chi connectivity index (χ0n) is 10.0. The van der Waals surface area contributed by atoms with Crippen LogP contribution in [0.2, 0.25) is 0 Å². The molecule has 18 heavy (non-hydrogen) atoms. The highest BCUT2D eigenvalue weighted by atomic mass is 19.1. The number of nitrogens with zero attached hydrogens (tertiary/aromatic N) is 1. The van der Waals surface area contributed by atoms with Crippen LogP contribution >= 0.6 is 0 Å². The van der Waals surface area contributed by atoms with E-state index < -0.39 is 18.2 Å². The van der Waals surface area contributed by atoms with Crippen molar-refractivity contribution in [1.29, 1.82) is 0 Å². The van der Waals surface area contributed by atoms with Crippen LogP contribution in [0, 0.1) is 0 Å². The third kappa shape index (κ3) is 3.29. The topological polar surface area (TPSA) is 54.0 Å². The molecule has 2 unspecified atom stereocenters. The van der Waals surface area contributed by atoms with Crippen LogP contribution in [-0.4, -0.2) is 23.2 Å². The molecule has 2 N–H and O–H groups in total. The van der Waals surface area contributed by atoms with Crippen molar-refractivity contribution in [3.05, 3.63) is 36.7 Å². The molecular formula is C13H16FN3O. The van der Waals surface area contributed by atoms with Crippen LogP contribution in [0.5, 0.6) is 0 Å². The van der Waals surface area contributed by atoms with Gasteiger partial charge in [-0.05, 0) is 25.0 Å². The molecule has 0 saturated heterocycles. The predicted octanol–water partition coefficient (Wildman–Crippen LogP) is 2.65. The fourth-order valence-electron chi connectivity index (χ4n) is 2.00. The maximum atomic E-state index is 13.7. The largest absolute Gasteiger partial charge is 0.332 e. The molecule has 0 aromatic carbocycles. The molecule has 96 valence electrons. The van der Waals surface area contributed by atoms with Gasteiger partial charge in [0.15, 0.2) is 0 Å². The molecule has 1 saturated carbocycles. The predicted molar refractivity (Wildman–Crippen MR) is 68.1 cm³/mol. The molecular weight excluding hydrogens is 233 g/mol. The Bertz CT molecular complexity index is 435. The minimum absolute atomic E-state index is 0.331. The number of nitrogens with one attached hydrogen (secondary N) is 2. The van der Waals surface area contributed by atoms with Crippen LogP contribution in [0.3, 0.4) is 0 Å². The number of rotatable bonds is 2. The van der Waals surface area contributed by atoms with Gasteiger partial charge in [0.25, 0.3) is 0 Å². The summed E-state index contributed by atoms with van der Waals surface area (Å²) in [6, 6.07) is 2.61. The SMILES string of the molecule is C=C1CCC(NC(=O)Nc2cccnc2)C(F)C1. The fraction of sp³-hybridized carbons (Fsp3) is 0.385. The van der Waals surface area contributed by atoms with E-state index in [0.29, 0.717) is 18.5 Å². The van der Waals surface area contributed by atoms with Gasteiger partial charge in [-0.3, -0.25) is 4.98 Å². The number of carbonyl (C=O) groups excluding carboxylic acids is 1. The molecule has 1 aliphatic rings. The molecule has 1 aliphatic carbocycles. The molecule has 2 atom stereocenters. The number of hydrogen-bond acceptors (Lipinski definition) is 2. The number of carbonyl (C=O) groups is 1. The van der Waals surface area contributed by atoms with E-state index >= 15 is 0 Å². The molecule has 5 heteroatoms. The van der Waals surface area contributed by atoms with Crippen molar-refractivity contribution in [2.75, 3.05) is 5.32 Å².